The smallest absolute Gasteiger partial charge is 0.271 e. The number of hydrogen-bond donors (Lipinski definition) is 2. The number of rotatable bonds is 8. The van der Waals surface area contributed by atoms with E-state index in [0.717, 1.165) is 36.3 Å². The van der Waals surface area contributed by atoms with Crippen molar-refractivity contribution >= 4 is 29.6 Å². The van der Waals surface area contributed by atoms with Gasteiger partial charge >= 0.3 is 0 Å². The second-order valence-corrected chi connectivity index (χ2v) is 8.61. The van der Waals surface area contributed by atoms with Crippen LogP contribution in [0.1, 0.15) is 42.5 Å². The third-order valence-corrected chi connectivity index (χ3v) is 6.12. The fraction of sp³-hybridized carbons (Fsp3) is 0.222. The van der Waals surface area contributed by atoms with E-state index in [1.54, 1.807) is 59.3 Å². The van der Waals surface area contributed by atoms with Crippen molar-refractivity contribution in [3.63, 3.8) is 0 Å². The fourth-order valence-corrected chi connectivity index (χ4v) is 4.10. The highest BCUT2D eigenvalue weighted by Crippen LogP contribution is 2.15. The number of carbonyl (C=O) groups is 3. The van der Waals surface area contributed by atoms with E-state index in [4.69, 9.17) is 4.74 Å². The number of amides is 2. The third kappa shape index (κ3) is 5.65. The van der Waals surface area contributed by atoms with Gasteiger partial charge in [-0.3, -0.25) is 18.8 Å². The van der Waals surface area contributed by atoms with E-state index in [2.05, 4.69) is 25.5 Å². The van der Waals surface area contributed by atoms with Gasteiger partial charge in [-0.1, -0.05) is 30.3 Å². The molecule has 10 heteroatoms. The summed E-state index contributed by atoms with van der Waals surface area (Å²) >= 11 is 0. The van der Waals surface area contributed by atoms with Crippen LogP contribution in [0.2, 0.25) is 0 Å². The van der Waals surface area contributed by atoms with Gasteiger partial charge in [-0.15, -0.1) is 0 Å². The van der Waals surface area contributed by atoms with Gasteiger partial charge in [0, 0.05) is 44.1 Å². The van der Waals surface area contributed by atoms with Crippen LogP contribution >= 0.6 is 0 Å². The maximum atomic E-state index is 12.9. The molecule has 37 heavy (non-hydrogen) atoms. The number of imidazole rings is 1. The lowest BCUT2D eigenvalue weighted by atomic mass is 10.1. The maximum Gasteiger partial charge on any atom is 0.271 e. The highest BCUT2D eigenvalue weighted by molar-refractivity contribution is 5.95. The van der Waals surface area contributed by atoms with E-state index in [1.807, 2.05) is 12.1 Å². The summed E-state index contributed by atoms with van der Waals surface area (Å²) < 4.78 is 7.00. The van der Waals surface area contributed by atoms with Crippen LogP contribution in [0.15, 0.2) is 67.0 Å². The molecule has 0 unspecified atom stereocenters. The molecule has 5 rings (SSSR count). The summed E-state index contributed by atoms with van der Waals surface area (Å²) in [6.45, 7) is 3.53. The van der Waals surface area contributed by atoms with E-state index in [0.29, 0.717) is 43.2 Å². The predicted molar refractivity (Wildman–Crippen MR) is 137 cm³/mol. The van der Waals surface area contributed by atoms with Crippen molar-refractivity contribution < 1.29 is 19.1 Å². The van der Waals surface area contributed by atoms with Gasteiger partial charge in [-0.05, 0) is 35.4 Å². The van der Waals surface area contributed by atoms with Crippen molar-refractivity contribution in [1.29, 1.82) is 0 Å². The molecule has 0 aliphatic carbocycles. The zero-order valence-electron chi connectivity index (χ0n) is 20.1. The predicted octanol–water partition coefficient (Wildman–Crippen LogP) is 2.24. The van der Waals surface area contributed by atoms with Gasteiger partial charge in [0.1, 0.15) is 29.1 Å². The first-order valence-electron chi connectivity index (χ1n) is 12.0. The van der Waals surface area contributed by atoms with Gasteiger partial charge in [0.05, 0.1) is 13.2 Å². The number of aromatic nitrogens is 3. The topological polar surface area (TPSA) is 118 Å². The summed E-state index contributed by atoms with van der Waals surface area (Å²) in [7, 11) is 0. The minimum absolute atomic E-state index is 0.215. The average Bonchev–Trinajstić information content (AvgIpc) is 3.40. The van der Waals surface area contributed by atoms with E-state index in [9.17, 15) is 14.4 Å². The van der Waals surface area contributed by atoms with Crippen molar-refractivity contribution in [2.75, 3.05) is 31.2 Å². The van der Waals surface area contributed by atoms with Crippen molar-refractivity contribution in [2.45, 2.75) is 13.1 Å². The van der Waals surface area contributed by atoms with E-state index < -0.39 is 0 Å². The average molecular weight is 499 g/mol. The first kappa shape index (κ1) is 24.1. The van der Waals surface area contributed by atoms with Crippen LogP contribution in [0.5, 0.6) is 0 Å². The van der Waals surface area contributed by atoms with Gasteiger partial charge in [-0.25, -0.2) is 9.97 Å². The minimum atomic E-state index is -0.338. The van der Waals surface area contributed by atoms with Crippen LogP contribution in [-0.2, 0) is 17.8 Å². The molecule has 4 aromatic rings. The summed E-state index contributed by atoms with van der Waals surface area (Å²) in [4.78, 5) is 47.5. The number of hydrogen-bond acceptors (Lipinski definition) is 7. The third-order valence-electron chi connectivity index (χ3n) is 6.12. The number of nitrogens with one attached hydrogen (secondary N) is 2. The lowest BCUT2D eigenvalue weighted by molar-refractivity contribution is 0.0935. The molecule has 0 radical (unpaired) electrons. The summed E-state index contributed by atoms with van der Waals surface area (Å²) in [5.74, 6) is 0.218. The number of pyridine rings is 2. The second-order valence-electron chi connectivity index (χ2n) is 8.61. The molecule has 1 fully saturated rings. The lowest BCUT2D eigenvalue weighted by Crippen LogP contribution is -2.36. The van der Waals surface area contributed by atoms with Crippen LogP contribution in [-0.4, -0.2) is 58.8 Å². The second kappa shape index (κ2) is 11.0. The molecule has 3 aromatic heterocycles. The normalized spacial score (nSPS) is 13.4. The number of morpholine rings is 1. The molecule has 0 bridgehead atoms. The highest BCUT2D eigenvalue weighted by Gasteiger charge is 2.16. The molecular weight excluding hydrogens is 472 g/mol. The van der Waals surface area contributed by atoms with E-state index >= 15 is 0 Å². The molecule has 0 spiro atoms. The molecular formula is C27H26N6O4. The van der Waals surface area contributed by atoms with Crippen LogP contribution in [0, 0.1) is 0 Å². The quantitative estimate of drug-likeness (QED) is 0.358. The molecule has 1 aromatic carbocycles. The first-order valence-corrected chi connectivity index (χ1v) is 12.0. The van der Waals surface area contributed by atoms with Gasteiger partial charge in [0.25, 0.3) is 11.8 Å². The number of benzene rings is 1. The van der Waals surface area contributed by atoms with Crippen LogP contribution in [0.3, 0.4) is 0 Å². The first-order chi connectivity index (χ1) is 18.1. The standard InChI is InChI=1S/C27H26N6O4/c34-18-20-6-4-19(5-7-20)15-30-27(36)23-2-1-3-24-31-22(17-33(23)24)26(35)29-16-21-8-9-28-25(14-21)32-10-12-37-13-11-32/h1-9,14,17-18H,10-13,15-16H2,(H,29,35)(H,30,36). The van der Waals surface area contributed by atoms with E-state index in [1.165, 1.54) is 0 Å². The van der Waals surface area contributed by atoms with Gasteiger partial charge in [-0.2, -0.15) is 0 Å². The van der Waals surface area contributed by atoms with Gasteiger partial charge < -0.3 is 20.3 Å². The minimum Gasteiger partial charge on any atom is -0.378 e. The van der Waals surface area contributed by atoms with Crippen LogP contribution in [0.25, 0.3) is 5.65 Å². The Balaban J connectivity index is 1.24. The Morgan fingerprint density at radius 2 is 1.70 bits per heavy atom. The number of aldehydes is 1. The van der Waals surface area contributed by atoms with Crippen molar-refractivity contribution in [3.05, 3.63) is 95.1 Å². The SMILES string of the molecule is O=Cc1ccc(CNC(=O)c2cccc3nc(C(=O)NCc4ccnc(N5CCOCC5)c4)cn23)cc1. The van der Waals surface area contributed by atoms with E-state index in [-0.39, 0.29) is 17.5 Å². The van der Waals surface area contributed by atoms with Crippen molar-refractivity contribution in [2.24, 2.45) is 0 Å². The largest absolute Gasteiger partial charge is 0.378 e. The molecule has 1 aliphatic heterocycles. The van der Waals surface area contributed by atoms with Crippen LogP contribution in [0.4, 0.5) is 5.82 Å². The monoisotopic (exact) mass is 498 g/mol. The lowest BCUT2D eigenvalue weighted by Gasteiger charge is -2.28. The summed E-state index contributed by atoms with van der Waals surface area (Å²) in [5.41, 5.74) is 3.43. The zero-order valence-corrected chi connectivity index (χ0v) is 20.1. The Morgan fingerprint density at radius 1 is 0.946 bits per heavy atom. The molecule has 188 valence electrons. The van der Waals surface area contributed by atoms with Crippen molar-refractivity contribution in [1.82, 2.24) is 25.0 Å². The molecule has 0 atom stereocenters. The number of carbonyl (C=O) groups excluding carboxylic acids is 3. The van der Waals surface area contributed by atoms with Gasteiger partial charge in [0.15, 0.2) is 0 Å². The van der Waals surface area contributed by atoms with Crippen LogP contribution < -0.4 is 15.5 Å². The maximum absolute atomic E-state index is 12.9. The summed E-state index contributed by atoms with van der Waals surface area (Å²) in [5, 5.41) is 5.77. The fourth-order valence-electron chi connectivity index (χ4n) is 4.10. The Kier molecular flexibility index (Phi) is 7.18. The number of fused-ring (bicyclic) bond motifs is 1. The molecule has 1 aliphatic rings. The summed E-state index contributed by atoms with van der Waals surface area (Å²) in [6.07, 6.45) is 4.07. The zero-order chi connectivity index (χ0) is 25.6. The Labute approximate surface area is 213 Å². The molecule has 10 nitrogen and oxygen atoms in total. The molecule has 4 heterocycles. The number of nitrogens with zero attached hydrogens (tertiary/aromatic N) is 4. The Morgan fingerprint density at radius 3 is 2.49 bits per heavy atom. The van der Waals surface area contributed by atoms with Gasteiger partial charge in [0.2, 0.25) is 0 Å². The molecule has 2 amide bonds. The number of anilines is 1. The molecule has 0 saturated carbocycles. The number of ether oxygens (including phenoxy) is 1. The highest BCUT2D eigenvalue weighted by atomic mass is 16.5. The molecule has 1 saturated heterocycles. The Bertz CT molecular complexity index is 1430. The van der Waals surface area contributed by atoms with Crippen molar-refractivity contribution in [3.8, 4) is 0 Å². The Hall–Kier alpha value is -4.57. The molecule has 2 N–H and O–H groups in total. The summed E-state index contributed by atoms with van der Waals surface area (Å²) in [6, 6.07) is 15.9.